The van der Waals surface area contributed by atoms with Crippen LogP contribution in [0.4, 0.5) is 0 Å². The van der Waals surface area contributed by atoms with Crippen LogP contribution in [0.5, 0.6) is 0 Å². The molecule has 96 valence electrons. The van der Waals surface area contributed by atoms with Crippen molar-refractivity contribution in [2.75, 3.05) is 6.54 Å². The van der Waals surface area contributed by atoms with E-state index in [4.69, 9.17) is 10.3 Å². The van der Waals surface area contributed by atoms with E-state index >= 15 is 0 Å². The molecule has 0 aliphatic carbocycles. The first-order valence-corrected chi connectivity index (χ1v) is 7.43. The highest BCUT2D eigenvalue weighted by Gasteiger charge is 2.10. The summed E-state index contributed by atoms with van der Waals surface area (Å²) in [4.78, 5) is 4.37. The second-order valence-electron chi connectivity index (χ2n) is 3.88. The van der Waals surface area contributed by atoms with Gasteiger partial charge in [-0.1, -0.05) is 40.1 Å². The highest BCUT2D eigenvalue weighted by atomic mass is 79.9. The molecule has 4 nitrogen and oxygen atoms in total. The average molecular weight is 328 g/mol. The zero-order valence-corrected chi connectivity index (χ0v) is 12.4. The maximum atomic E-state index is 5.56. The highest BCUT2D eigenvalue weighted by molar-refractivity contribution is 9.10. The molecule has 0 bridgehead atoms. The Hall–Kier alpha value is -0.850. The van der Waals surface area contributed by atoms with E-state index in [1.807, 2.05) is 24.3 Å². The van der Waals surface area contributed by atoms with Crippen LogP contribution in [0.3, 0.4) is 0 Å². The Morgan fingerprint density at radius 1 is 1.50 bits per heavy atom. The fourth-order valence-electron chi connectivity index (χ4n) is 1.34. The van der Waals surface area contributed by atoms with Gasteiger partial charge in [0.25, 0.3) is 0 Å². The van der Waals surface area contributed by atoms with Crippen LogP contribution < -0.4 is 5.73 Å². The maximum Gasteiger partial charge on any atom is 0.236 e. The molecule has 0 saturated carbocycles. The summed E-state index contributed by atoms with van der Waals surface area (Å²) in [6.45, 7) is 2.73. The van der Waals surface area contributed by atoms with Gasteiger partial charge in [0.05, 0.1) is 5.75 Å². The van der Waals surface area contributed by atoms with Gasteiger partial charge in [0.1, 0.15) is 0 Å². The van der Waals surface area contributed by atoms with Gasteiger partial charge in [0, 0.05) is 21.8 Å². The van der Waals surface area contributed by atoms with Gasteiger partial charge < -0.3 is 10.3 Å². The Kier molecular flexibility index (Phi) is 4.79. The number of aromatic nitrogens is 2. The van der Waals surface area contributed by atoms with Gasteiger partial charge in [0.15, 0.2) is 0 Å². The largest absolute Gasteiger partial charge is 0.338 e. The summed E-state index contributed by atoms with van der Waals surface area (Å²) in [7, 11) is 0. The van der Waals surface area contributed by atoms with Crippen LogP contribution in [0.2, 0.25) is 0 Å². The van der Waals surface area contributed by atoms with Crippen molar-refractivity contribution in [2.45, 2.75) is 17.9 Å². The van der Waals surface area contributed by atoms with Crippen molar-refractivity contribution in [2.24, 2.45) is 5.73 Å². The van der Waals surface area contributed by atoms with Crippen molar-refractivity contribution in [3.05, 3.63) is 34.6 Å². The minimum Gasteiger partial charge on any atom is -0.338 e. The first-order valence-electron chi connectivity index (χ1n) is 5.59. The molecular weight excluding hydrogens is 314 g/mol. The Morgan fingerprint density at radius 3 is 3.06 bits per heavy atom. The fourth-order valence-corrected chi connectivity index (χ4v) is 2.42. The van der Waals surface area contributed by atoms with Crippen LogP contribution in [0, 0.1) is 0 Å². The highest BCUT2D eigenvalue weighted by Crippen LogP contribution is 2.22. The Bertz CT molecular complexity index is 518. The van der Waals surface area contributed by atoms with E-state index in [2.05, 4.69) is 33.0 Å². The maximum absolute atomic E-state index is 5.56. The van der Waals surface area contributed by atoms with Crippen molar-refractivity contribution >= 4 is 27.7 Å². The van der Waals surface area contributed by atoms with Gasteiger partial charge in [-0.2, -0.15) is 4.98 Å². The molecule has 1 aromatic heterocycles. The molecule has 0 fully saturated rings. The molecule has 0 spiro atoms. The molecule has 1 heterocycles. The number of halogens is 1. The van der Waals surface area contributed by atoms with Crippen LogP contribution in [0.1, 0.15) is 12.8 Å². The van der Waals surface area contributed by atoms with Gasteiger partial charge >= 0.3 is 0 Å². The van der Waals surface area contributed by atoms with E-state index in [1.165, 1.54) is 0 Å². The van der Waals surface area contributed by atoms with E-state index in [-0.39, 0.29) is 0 Å². The van der Waals surface area contributed by atoms with Crippen molar-refractivity contribution in [1.29, 1.82) is 0 Å². The standard InChI is InChI=1S/C12H14BrN3OS/c1-8(6-14)18-7-11-15-12(16-17-11)9-3-2-4-10(13)5-9/h2-5,8H,6-7,14H2,1H3. The van der Waals surface area contributed by atoms with Gasteiger partial charge in [-0.15, -0.1) is 11.8 Å². The molecule has 1 aromatic carbocycles. The molecule has 0 aliphatic rings. The van der Waals surface area contributed by atoms with Gasteiger partial charge in [0.2, 0.25) is 11.7 Å². The summed E-state index contributed by atoms with van der Waals surface area (Å²) in [5.41, 5.74) is 6.50. The van der Waals surface area contributed by atoms with Crippen LogP contribution in [0.25, 0.3) is 11.4 Å². The Balaban J connectivity index is 2.06. The van der Waals surface area contributed by atoms with Gasteiger partial charge in [-0.3, -0.25) is 0 Å². The van der Waals surface area contributed by atoms with E-state index < -0.39 is 0 Å². The number of hydrogen-bond acceptors (Lipinski definition) is 5. The Morgan fingerprint density at radius 2 is 2.33 bits per heavy atom. The summed E-state index contributed by atoms with van der Waals surface area (Å²) in [5, 5.41) is 4.37. The predicted molar refractivity (Wildman–Crippen MR) is 77.2 cm³/mol. The molecule has 18 heavy (non-hydrogen) atoms. The molecule has 6 heteroatoms. The molecule has 0 saturated heterocycles. The normalized spacial score (nSPS) is 12.6. The second-order valence-corrected chi connectivity index (χ2v) is 6.22. The molecule has 2 aromatic rings. The summed E-state index contributed by atoms with van der Waals surface area (Å²) in [6.07, 6.45) is 0. The first kappa shape index (κ1) is 13.6. The summed E-state index contributed by atoms with van der Waals surface area (Å²) >= 11 is 5.13. The zero-order valence-electron chi connectivity index (χ0n) is 9.97. The topological polar surface area (TPSA) is 64.9 Å². The summed E-state index contributed by atoms with van der Waals surface area (Å²) in [6, 6.07) is 7.82. The molecule has 0 radical (unpaired) electrons. The number of thioether (sulfide) groups is 1. The third-order valence-electron chi connectivity index (χ3n) is 2.37. The lowest BCUT2D eigenvalue weighted by Crippen LogP contribution is -2.12. The predicted octanol–water partition coefficient (Wildman–Crippen LogP) is 3.08. The minimum absolute atomic E-state index is 0.395. The summed E-state index contributed by atoms with van der Waals surface area (Å²) < 4.78 is 6.21. The molecule has 1 unspecified atom stereocenters. The summed E-state index contributed by atoms with van der Waals surface area (Å²) in [5.74, 6) is 1.95. The third kappa shape index (κ3) is 3.57. The third-order valence-corrected chi connectivity index (χ3v) is 4.04. The molecule has 0 amide bonds. The lowest BCUT2D eigenvalue weighted by Gasteiger charge is -2.03. The monoisotopic (exact) mass is 327 g/mol. The van der Waals surface area contributed by atoms with E-state index in [0.717, 1.165) is 10.0 Å². The van der Waals surface area contributed by atoms with Gasteiger partial charge in [-0.05, 0) is 12.1 Å². The lowest BCUT2D eigenvalue weighted by molar-refractivity contribution is 0.391. The van der Waals surface area contributed by atoms with E-state index in [9.17, 15) is 0 Å². The molecule has 1 atom stereocenters. The van der Waals surface area contributed by atoms with Crippen molar-refractivity contribution in [3.63, 3.8) is 0 Å². The number of nitrogens with zero attached hydrogens (tertiary/aromatic N) is 2. The number of hydrogen-bond donors (Lipinski definition) is 1. The fraction of sp³-hybridized carbons (Fsp3) is 0.333. The second kappa shape index (κ2) is 6.36. The smallest absolute Gasteiger partial charge is 0.236 e. The van der Waals surface area contributed by atoms with E-state index in [0.29, 0.717) is 29.3 Å². The first-order chi connectivity index (χ1) is 8.69. The quantitative estimate of drug-likeness (QED) is 0.914. The van der Waals surface area contributed by atoms with Crippen molar-refractivity contribution in [3.8, 4) is 11.4 Å². The lowest BCUT2D eigenvalue weighted by atomic mass is 10.2. The van der Waals surface area contributed by atoms with Crippen molar-refractivity contribution < 1.29 is 4.52 Å². The van der Waals surface area contributed by atoms with Crippen LogP contribution in [-0.2, 0) is 5.75 Å². The van der Waals surface area contributed by atoms with Crippen LogP contribution >= 0.6 is 27.7 Å². The minimum atomic E-state index is 0.395. The van der Waals surface area contributed by atoms with Crippen LogP contribution in [-0.4, -0.2) is 21.9 Å². The average Bonchev–Trinajstić information content (AvgIpc) is 2.84. The number of nitrogens with two attached hydrogens (primary N) is 1. The molecule has 2 N–H and O–H groups in total. The number of rotatable bonds is 5. The molecule has 0 aliphatic heterocycles. The number of benzene rings is 1. The SMILES string of the molecule is CC(CN)SCc1nc(-c2cccc(Br)c2)no1. The Labute approximate surface area is 118 Å². The van der Waals surface area contributed by atoms with Crippen LogP contribution in [0.15, 0.2) is 33.3 Å². The molecular formula is C12H14BrN3OS. The van der Waals surface area contributed by atoms with E-state index in [1.54, 1.807) is 11.8 Å². The zero-order chi connectivity index (χ0) is 13.0. The van der Waals surface area contributed by atoms with Crippen molar-refractivity contribution in [1.82, 2.24) is 10.1 Å². The molecule has 2 rings (SSSR count). The van der Waals surface area contributed by atoms with Gasteiger partial charge in [-0.25, -0.2) is 0 Å².